The maximum absolute atomic E-state index is 12.3. The number of aliphatic carboxylic acids is 1. The SMILES string of the molecule is CC(C)CC(NC(=O)[C@@H]1O[C@H]1C(=O)O)C(=O)NCCCCN=C(N)N. The third-order valence-corrected chi connectivity index (χ3v) is 3.51. The number of epoxide rings is 1. The van der Waals surface area contributed by atoms with Crippen molar-refractivity contribution in [3.63, 3.8) is 0 Å². The fourth-order valence-electron chi connectivity index (χ4n) is 2.24. The van der Waals surface area contributed by atoms with E-state index >= 15 is 0 Å². The molecule has 0 aromatic heterocycles. The number of hydrogen-bond donors (Lipinski definition) is 5. The van der Waals surface area contributed by atoms with Crippen LogP contribution in [0, 0.1) is 5.92 Å². The van der Waals surface area contributed by atoms with E-state index in [1.165, 1.54) is 0 Å². The molecular weight excluding hydrogens is 330 g/mol. The van der Waals surface area contributed by atoms with Crippen LogP contribution in [0.4, 0.5) is 0 Å². The first-order valence-electron chi connectivity index (χ1n) is 8.24. The lowest BCUT2D eigenvalue weighted by Crippen LogP contribution is -2.49. The Kier molecular flexibility index (Phi) is 8.12. The van der Waals surface area contributed by atoms with Crippen LogP contribution in [0.25, 0.3) is 0 Å². The van der Waals surface area contributed by atoms with Crippen molar-refractivity contribution in [2.75, 3.05) is 13.1 Å². The molecule has 142 valence electrons. The Bertz CT molecular complexity index is 518. The van der Waals surface area contributed by atoms with E-state index in [0.29, 0.717) is 25.9 Å². The molecule has 0 spiro atoms. The van der Waals surface area contributed by atoms with Crippen molar-refractivity contribution in [1.29, 1.82) is 0 Å². The number of guanidine groups is 1. The number of carboxylic acids is 1. The maximum Gasteiger partial charge on any atom is 0.336 e. The molecule has 10 heteroatoms. The number of carboxylic acid groups (broad SMARTS) is 1. The lowest BCUT2D eigenvalue weighted by atomic mass is 10.0. The van der Waals surface area contributed by atoms with Crippen LogP contribution in [0.3, 0.4) is 0 Å². The van der Waals surface area contributed by atoms with Crippen LogP contribution in [0.1, 0.15) is 33.1 Å². The maximum atomic E-state index is 12.3. The average Bonchev–Trinajstić information content (AvgIpc) is 3.29. The standard InChI is InChI=1S/C15H27N5O5/c1-8(2)7-9(20-13(22)10-11(25-10)14(23)24)12(21)18-5-3-4-6-19-15(16)17/h8-11H,3-7H2,1-2H3,(H,18,21)(H,20,22)(H,23,24)(H4,16,17,19)/t9?,10-,11-/m1/s1. The van der Waals surface area contributed by atoms with Gasteiger partial charge < -0.3 is 31.9 Å². The van der Waals surface area contributed by atoms with E-state index in [-0.39, 0.29) is 17.8 Å². The molecule has 1 aliphatic rings. The molecule has 1 unspecified atom stereocenters. The summed E-state index contributed by atoms with van der Waals surface area (Å²) in [7, 11) is 0. The number of hydrogen-bond acceptors (Lipinski definition) is 5. The van der Waals surface area contributed by atoms with Crippen LogP contribution in [0.5, 0.6) is 0 Å². The first-order chi connectivity index (χ1) is 11.7. The Morgan fingerprint density at radius 1 is 1.20 bits per heavy atom. The van der Waals surface area contributed by atoms with Gasteiger partial charge in [-0.3, -0.25) is 14.6 Å². The highest BCUT2D eigenvalue weighted by atomic mass is 16.6. The topological polar surface area (TPSA) is 172 Å². The van der Waals surface area contributed by atoms with Gasteiger partial charge in [-0.25, -0.2) is 4.79 Å². The van der Waals surface area contributed by atoms with Crippen molar-refractivity contribution in [1.82, 2.24) is 10.6 Å². The minimum absolute atomic E-state index is 0.0331. The van der Waals surface area contributed by atoms with E-state index in [1.807, 2.05) is 13.8 Å². The molecule has 2 amide bonds. The molecule has 0 aromatic carbocycles. The predicted molar refractivity (Wildman–Crippen MR) is 90.6 cm³/mol. The van der Waals surface area contributed by atoms with Crippen LogP contribution in [0.15, 0.2) is 4.99 Å². The largest absolute Gasteiger partial charge is 0.479 e. The highest BCUT2D eigenvalue weighted by Crippen LogP contribution is 2.22. The van der Waals surface area contributed by atoms with Crippen molar-refractivity contribution in [2.24, 2.45) is 22.4 Å². The normalized spacial score (nSPS) is 19.8. The number of amides is 2. The summed E-state index contributed by atoms with van der Waals surface area (Å²) < 4.78 is 4.79. The van der Waals surface area contributed by atoms with Gasteiger partial charge in [0.05, 0.1) is 0 Å². The summed E-state index contributed by atoms with van der Waals surface area (Å²) in [6.45, 7) is 4.77. The summed E-state index contributed by atoms with van der Waals surface area (Å²) >= 11 is 0. The van der Waals surface area contributed by atoms with Gasteiger partial charge in [0, 0.05) is 13.1 Å². The molecule has 1 heterocycles. The van der Waals surface area contributed by atoms with Gasteiger partial charge in [-0.1, -0.05) is 13.8 Å². The Morgan fingerprint density at radius 2 is 1.88 bits per heavy atom. The number of carbonyl (C=O) groups is 3. The van der Waals surface area contributed by atoms with Crippen molar-refractivity contribution < 1.29 is 24.2 Å². The second-order valence-electron chi connectivity index (χ2n) is 6.31. The number of carbonyl (C=O) groups excluding carboxylic acids is 2. The summed E-state index contributed by atoms with van der Waals surface area (Å²) in [5.74, 6) is -1.87. The summed E-state index contributed by atoms with van der Waals surface area (Å²) in [5, 5.41) is 14.1. The number of ether oxygens (including phenoxy) is 1. The van der Waals surface area contributed by atoms with E-state index in [4.69, 9.17) is 21.3 Å². The molecule has 0 aromatic rings. The van der Waals surface area contributed by atoms with Gasteiger partial charge in [0.25, 0.3) is 5.91 Å². The summed E-state index contributed by atoms with van der Waals surface area (Å²) in [5.41, 5.74) is 10.4. The highest BCUT2D eigenvalue weighted by molar-refractivity contribution is 5.95. The molecule has 0 radical (unpaired) electrons. The number of rotatable bonds is 11. The van der Waals surface area contributed by atoms with E-state index < -0.39 is 30.1 Å². The van der Waals surface area contributed by atoms with Crippen LogP contribution < -0.4 is 22.1 Å². The van der Waals surface area contributed by atoms with E-state index in [1.54, 1.807) is 0 Å². The van der Waals surface area contributed by atoms with E-state index in [0.717, 1.165) is 6.42 Å². The van der Waals surface area contributed by atoms with Crippen molar-refractivity contribution in [3.05, 3.63) is 0 Å². The molecule has 7 N–H and O–H groups in total. The van der Waals surface area contributed by atoms with Gasteiger partial charge in [-0.2, -0.15) is 0 Å². The number of nitrogens with zero attached hydrogens (tertiary/aromatic N) is 1. The lowest BCUT2D eigenvalue weighted by Gasteiger charge is -2.19. The van der Waals surface area contributed by atoms with Crippen LogP contribution in [0.2, 0.25) is 0 Å². The Morgan fingerprint density at radius 3 is 2.40 bits per heavy atom. The van der Waals surface area contributed by atoms with Crippen molar-refractivity contribution in [3.8, 4) is 0 Å². The van der Waals surface area contributed by atoms with Gasteiger partial charge in [0.1, 0.15) is 6.04 Å². The molecule has 1 saturated heterocycles. The second-order valence-corrected chi connectivity index (χ2v) is 6.31. The van der Waals surface area contributed by atoms with Gasteiger partial charge in [0.2, 0.25) is 5.91 Å². The first-order valence-corrected chi connectivity index (χ1v) is 8.24. The van der Waals surface area contributed by atoms with E-state index in [2.05, 4.69) is 15.6 Å². The van der Waals surface area contributed by atoms with Gasteiger partial charge >= 0.3 is 5.97 Å². The molecule has 0 aliphatic carbocycles. The minimum Gasteiger partial charge on any atom is -0.479 e. The molecule has 25 heavy (non-hydrogen) atoms. The van der Waals surface area contributed by atoms with E-state index in [9.17, 15) is 14.4 Å². The first kappa shape index (κ1) is 20.7. The molecule has 1 aliphatic heterocycles. The summed E-state index contributed by atoms with van der Waals surface area (Å²) in [6.07, 6.45) is -0.304. The number of nitrogens with one attached hydrogen (secondary N) is 2. The van der Waals surface area contributed by atoms with Gasteiger partial charge in [0.15, 0.2) is 18.2 Å². The van der Waals surface area contributed by atoms with Gasteiger partial charge in [-0.15, -0.1) is 0 Å². The molecule has 10 nitrogen and oxygen atoms in total. The van der Waals surface area contributed by atoms with Gasteiger partial charge in [-0.05, 0) is 25.2 Å². The summed E-state index contributed by atoms with van der Waals surface area (Å²) in [6, 6.07) is -0.733. The smallest absolute Gasteiger partial charge is 0.336 e. The number of aliphatic imine (C=N–C) groups is 1. The van der Waals surface area contributed by atoms with Crippen molar-refractivity contribution in [2.45, 2.75) is 51.4 Å². The number of unbranched alkanes of at least 4 members (excludes halogenated alkanes) is 1. The molecule has 3 atom stereocenters. The van der Waals surface area contributed by atoms with Crippen molar-refractivity contribution >= 4 is 23.7 Å². The molecular formula is C15H27N5O5. The predicted octanol–water partition coefficient (Wildman–Crippen LogP) is -1.46. The zero-order chi connectivity index (χ0) is 19.0. The van der Waals surface area contributed by atoms with Crippen LogP contribution >= 0.6 is 0 Å². The Balaban J connectivity index is 2.40. The second kappa shape index (κ2) is 9.82. The molecule has 0 saturated carbocycles. The Hall–Kier alpha value is -2.36. The molecule has 0 bridgehead atoms. The zero-order valence-electron chi connectivity index (χ0n) is 14.5. The average molecular weight is 357 g/mol. The quantitative estimate of drug-likeness (QED) is 0.130. The third kappa shape index (κ3) is 7.84. The molecule has 1 rings (SSSR count). The summed E-state index contributed by atoms with van der Waals surface area (Å²) in [4.78, 5) is 38.8. The zero-order valence-corrected chi connectivity index (χ0v) is 14.5. The monoisotopic (exact) mass is 357 g/mol. The number of nitrogens with two attached hydrogens (primary N) is 2. The molecule has 1 fully saturated rings. The third-order valence-electron chi connectivity index (χ3n) is 3.51. The minimum atomic E-state index is -1.19. The Labute approximate surface area is 146 Å². The van der Waals surface area contributed by atoms with Crippen LogP contribution in [-0.2, 0) is 19.1 Å². The fourth-order valence-corrected chi connectivity index (χ4v) is 2.24. The highest BCUT2D eigenvalue weighted by Gasteiger charge is 2.51. The fraction of sp³-hybridized carbons (Fsp3) is 0.733. The van der Waals surface area contributed by atoms with Crippen LogP contribution in [-0.4, -0.2) is 60.2 Å². The lowest BCUT2D eigenvalue weighted by molar-refractivity contribution is -0.138.